The summed E-state index contributed by atoms with van der Waals surface area (Å²) in [5.41, 5.74) is 7.08. The smallest absolute Gasteiger partial charge is 0.165 e. The van der Waals surface area contributed by atoms with E-state index in [1.54, 1.807) is 12.1 Å². The molecule has 0 aliphatic carbocycles. The number of benzene rings is 2. The standard InChI is InChI=1S/C16H16Br2FNO/c1-2-12(20)7-10-3-6-15(13(18)8-10)21-16-9-11(17)4-5-14(16)19/h3-6,8-9,12H,2,7,20H2,1H3. The second-order valence-electron chi connectivity index (χ2n) is 4.81. The number of hydrogen-bond acceptors (Lipinski definition) is 2. The number of halogens is 3. The summed E-state index contributed by atoms with van der Waals surface area (Å²) in [5, 5.41) is 0. The molecule has 2 nitrogen and oxygen atoms in total. The molecule has 0 spiro atoms. The normalized spacial score (nSPS) is 12.2. The van der Waals surface area contributed by atoms with Gasteiger partial charge in [0.2, 0.25) is 0 Å². The molecule has 2 N–H and O–H groups in total. The summed E-state index contributed by atoms with van der Waals surface area (Å²) >= 11 is 6.76. The molecule has 0 heterocycles. The SMILES string of the molecule is CCC(N)Cc1ccc(Oc2cc(Br)ccc2F)c(Br)c1. The van der Waals surface area contributed by atoms with Crippen molar-refractivity contribution in [3.63, 3.8) is 0 Å². The van der Waals surface area contributed by atoms with E-state index < -0.39 is 5.82 Å². The van der Waals surface area contributed by atoms with E-state index in [0.717, 1.165) is 27.4 Å². The Balaban J connectivity index is 2.19. The van der Waals surface area contributed by atoms with Crippen LogP contribution in [-0.4, -0.2) is 6.04 Å². The Labute approximate surface area is 140 Å². The third-order valence-electron chi connectivity index (χ3n) is 3.13. The van der Waals surface area contributed by atoms with Crippen molar-refractivity contribution in [3.8, 4) is 11.5 Å². The van der Waals surface area contributed by atoms with Crippen LogP contribution >= 0.6 is 31.9 Å². The Kier molecular flexibility index (Phi) is 5.79. The molecule has 0 fully saturated rings. The minimum absolute atomic E-state index is 0.145. The van der Waals surface area contributed by atoms with Crippen LogP contribution in [0.2, 0.25) is 0 Å². The lowest BCUT2D eigenvalue weighted by Crippen LogP contribution is -2.21. The van der Waals surface area contributed by atoms with Crippen molar-refractivity contribution in [2.24, 2.45) is 5.73 Å². The van der Waals surface area contributed by atoms with Crippen LogP contribution in [0, 0.1) is 5.82 Å². The van der Waals surface area contributed by atoms with Crippen LogP contribution < -0.4 is 10.5 Å². The van der Waals surface area contributed by atoms with Crippen molar-refractivity contribution in [3.05, 3.63) is 56.7 Å². The molecule has 0 saturated heterocycles. The molecule has 0 saturated carbocycles. The summed E-state index contributed by atoms with van der Waals surface area (Å²) in [6.07, 6.45) is 1.74. The van der Waals surface area contributed by atoms with Gasteiger partial charge in [-0.3, -0.25) is 0 Å². The van der Waals surface area contributed by atoms with Gasteiger partial charge in [-0.2, -0.15) is 0 Å². The average molecular weight is 417 g/mol. The highest BCUT2D eigenvalue weighted by molar-refractivity contribution is 9.10. The van der Waals surface area contributed by atoms with Crippen LogP contribution in [-0.2, 0) is 6.42 Å². The maximum absolute atomic E-state index is 13.7. The van der Waals surface area contributed by atoms with E-state index in [0.29, 0.717) is 5.75 Å². The summed E-state index contributed by atoms with van der Waals surface area (Å²) in [5.74, 6) is 0.353. The van der Waals surface area contributed by atoms with Crippen LogP contribution in [0.3, 0.4) is 0 Å². The molecule has 2 aromatic rings. The van der Waals surface area contributed by atoms with E-state index in [1.165, 1.54) is 6.07 Å². The molecule has 21 heavy (non-hydrogen) atoms. The number of hydrogen-bond donors (Lipinski definition) is 1. The van der Waals surface area contributed by atoms with Gasteiger partial charge in [-0.05, 0) is 64.7 Å². The maximum atomic E-state index is 13.7. The van der Waals surface area contributed by atoms with Gasteiger partial charge in [-0.15, -0.1) is 0 Å². The fourth-order valence-corrected chi connectivity index (χ4v) is 2.72. The average Bonchev–Trinajstić information content (AvgIpc) is 2.45. The van der Waals surface area contributed by atoms with E-state index in [2.05, 4.69) is 38.8 Å². The van der Waals surface area contributed by atoms with Gasteiger partial charge in [0.25, 0.3) is 0 Å². The van der Waals surface area contributed by atoms with Gasteiger partial charge in [0, 0.05) is 10.5 Å². The Morgan fingerprint density at radius 1 is 1.14 bits per heavy atom. The molecule has 112 valence electrons. The molecule has 0 bridgehead atoms. The lowest BCUT2D eigenvalue weighted by molar-refractivity contribution is 0.439. The van der Waals surface area contributed by atoms with Gasteiger partial charge >= 0.3 is 0 Å². The molecular weight excluding hydrogens is 401 g/mol. The first-order valence-electron chi connectivity index (χ1n) is 6.66. The summed E-state index contributed by atoms with van der Waals surface area (Å²) in [6, 6.07) is 10.5. The Hall–Kier alpha value is -0.910. The lowest BCUT2D eigenvalue weighted by atomic mass is 10.0. The maximum Gasteiger partial charge on any atom is 0.165 e. The first-order valence-corrected chi connectivity index (χ1v) is 8.25. The van der Waals surface area contributed by atoms with Crippen molar-refractivity contribution in [1.82, 2.24) is 0 Å². The van der Waals surface area contributed by atoms with Crippen molar-refractivity contribution in [1.29, 1.82) is 0 Å². The third-order valence-corrected chi connectivity index (χ3v) is 4.24. The predicted octanol–water partition coefficient (Wildman–Crippen LogP) is 5.42. The quantitative estimate of drug-likeness (QED) is 0.705. The highest BCUT2D eigenvalue weighted by atomic mass is 79.9. The van der Waals surface area contributed by atoms with Crippen LogP contribution in [0.5, 0.6) is 11.5 Å². The highest BCUT2D eigenvalue weighted by Gasteiger charge is 2.10. The Bertz CT molecular complexity index is 634. The zero-order valence-corrected chi connectivity index (χ0v) is 14.7. The van der Waals surface area contributed by atoms with Crippen LogP contribution in [0.4, 0.5) is 4.39 Å². The highest BCUT2D eigenvalue weighted by Crippen LogP contribution is 2.33. The molecule has 0 aliphatic rings. The van der Waals surface area contributed by atoms with Gasteiger partial charge in [-0.25, -0.2) is 4.39 Å². The molecule has 2 aromatic carbocycles. The summed E-state index contributed by atoms with van der Waals surface area (Å²) in [4.78, 5) is 0. The van der Waals surface area contributed by atoms with Crippen molar-refractivity contribution >= 4 is 31.9 Å². The zero-order valence-electron chi connectivity index (χ0n) is 11.6. The van der Waals surface area contributed by atoms with Crippen molar-refractivity contribution < 1.29 is 9.13 Å². The fraction of sp³-hybridized carbons (Fsp3) is 0.250. The molecule has 0 radical (unpaired) electrons. The summed E-state index contributed by atoms with van der Waals surface area (Å²) in [7, 11) is 0. The zero-order chi connectivity index (χ0) is 15.4. The van der Waals surface area contributed by atoms with E-state index in [1.807, 2.05) is 18.2 Å². The van der Waals surface area contributed by atoms with Gasteiger partial charge in [0.1, 0.15) is 5.75 Å². The molecule has 0 amide bonds. The number of nitrogens with two attached hydrogens (primary N) is 1. The molecule has 5 heteroatoms. The first-order chi connectivity index (χ1) is 9.99. The van der Waals surface area contributed by atoms with E-state index >= 15 is 0 Å². The van der Waals surface area contributed by atoms with Gasteiger partial charge in [0.15, 0.2) is 11.6 Å². The van der Waals surface area contributed by atoms with E-state index in [-0.39, 0.29) is 11.8 Å². The molecule has 2 rings (SSSR count). The van der Waals surface area contributed by atoms with Gasteiger partial charge in [0.05, 0.1) is 4.47 Å². The Morgan fingerprint density at radius 3 is 2.57 bits per heavy atom. The lowest BCUT2D eigenvalue weighted by Gasteiger charge is -2.12. The minimum atomic E-state index is -0.401. The molecular formula is C16H16Br2FNO. The second kappa shape index (κ2) is 7.38. The second-order valence-corrected chi connectivity index (χ2v) is 6.58. The fourth-order valence-electron chi connectivity index (χ4n) is 1.88. The van der Waals surface area contributed by atoms with Crippen LogP contribution in [0.25, 0.3) is 0 Å². The van der Waals surface area contributed by atoms with Crippen LogP contribution in [0.1, 0.15) is 18.9 Å². The number of ether oxygens (including phenoxy) is 1. The largest absolute Gasteiger partial charge is 0.453 e. The number of rotatable bonds is 5. The van der Waals surface area contributed by atoms with E-state index in [9.17, 15) is 4.39 Å². The van der Waals surface area contributed by atoms with E-state index in [4.69, 9.17) is 10.5 Å². The van der Waals surface area contributed by atoms with Crippen molar-refractivity contribution in [2.45, 2.75) is 25.8 Å². The van der Waals surface area contributed by atoms with Crippen molar-refractivity contribution in [2.75, 3.05) is 0 Å². The Morgan fingerprint density at radius 2 is 1.90 bits per heavy atom. The summed E-state index contributed by atoms with van der Waals surface area (Å²) in [6.45, 7) is 2.06. The molecule has 1 unspecified atom stereocenters. The van der Waals surface area contributed by atoms with Gasteiger partial charge in [-0.1, -0.05) is 28.9 Å². The molecule has 0 aliphatic heterocycles. The molecule has 0 aromatic heterocycles. The third kappa shape index (κ3) is 4.53. The van der Waals surface area contributed by atoms with Gasteiger partial charge < -0.3 is 10.5 Å². The topological polar surface area (TPSA) is 35.2 Å². The van der Waals surface area contributed by atoms with Crippen LogP contribution in [0.15, 0.2) is 45.3 Å². The summed E-state index contributed by atoms with van der Waals surface area (Å²) < 4.78 is 20.9. The minimum Gasteiger partial charge on any atom is -0.453 e. The monoisotopic (exact) mass is 415 g/mol. The molecule has 1 atom stereocenters. The predicted molar refractivity (Wildman–Crippen MR) is 90.3 cm³/mol. The first kappa shape index (κ1) is 16.5.